The van der Waals surface area contributed by atoms with Crippen molar-refractivity contribution in [2.24, 2.45) is 0 Å². The summed E-state index contributed by atoms with van der Waals surface area (Å²) in [6.07, 6.45) is -0.157. The van der Waals surface area contributed by atoms with Gasteiger partial charge in [-0.15, -0.1) is 0 Å². The molecule has 16 heavy (non-hydrogen) atoms. The van der Waals surface area contributed by atoms with Crippen LogP contribution in [0.1, 0.15) is 31.5 Å². The molecule has 1 rings (SSSR count). The second kappa shape index (κ2) is 6.68. The van der Waals surface area contributed by atoms with Gasteiger partial charge in [0.25, 0.3) is 0 Å². The molecule has 1 heterocycles. The maximum Gasteiger partial charge on any atom is 0.158 e. The van der Waals surface area contributed by atoms with E-state index in [1.807, 2.05) is 13.8 Å². The molecule has 0 spiro atoms. The van der Waals surface area contributed by atoms with Gasteiger partial charge in [0, 0.05) is 13.7 Å². The highest BCUT2D eigenvalue weighted by molar-refractivity contribution is 14.1. The Morgan fingerprint density at radius 2 is 2.12 bits per heavy atom. The van der Waals surface area contributed by atoms with E-state index < -0.39 is 0 Å². The molecular formula is C10H14ClIN2O2. The van der Waals surface area contributed by atoms with E-state index in [9.17, 15) is 0 Å². The van der Waals surface area contributed by atoms with Gasteiger partial charge in [-0.05, 0) is 36.4 Å². The normalized spacial score (nSPS) is 12.8. The van der Waals surface area contributed by atoms with Crippen molar-refractivity contribution in [1.29, 1.82) is 0 Å². The van der Waals surface area contributed by atoms with Gasteiger partial charge in [-0.3, -0.25) is 0 Å². The number of hydrogen-bond donors (Lipinski definition) is 0. The Morgan fingerprint density at radius 3 is 2.69 bits per heavy atom. The molecule has 1 aromatic heterocycles. The van der Waals surface area contributed by atoms with Crippen molar-refractivity contribution in [3.05, 3.63) is 20.2 Å². The molecule has 90 valence electrons. The molecule has 0 amide bonds. The molecule has 0 aromatic carbocycles. The summed E-state index contributed by atoms with van der Waals surface area (Å²) in [5.41, 5.74) is 0.796. The maximum atomic E-state index is 6.03. The number of halogens is 2. The Morgan fingerprint density at radius 1 is 1.44 bits per heavy atom. The molecular weight excluding hydrogens is 342 g/mol. The molecule has 4 nitrogen and oxygen atoms in total. The summed E-state index contributed by atoms with van der Waals surface area (Å²) in [6.45, 7) is 4.87. The summed E-state index contributed by atoms with van der Waals surface area (Å²) in [7, 11) is 1.62. The molecule has 0 fully saturated rings. The van der Waals surface area contributed by atoms with Gasteiger partial charge in [0.15, 0.2) is 5.82 Å². The second-order valence-corrected chi connectivity index (χ2v) is 4.60. The van der Waals surface area contributed by atoms with Crippen LogP contribution in [0, 0.1) is 3.57 Å². The Balaban J connectivity index is 3.03. The molecule has 0 bridgehead atoms. The third kappa shape index (κ3) is 3.51. The quantitative estimate of drug-likeness (QED) is 0.601. The highest BCUT2D eigenvalue weighted by Gasteiger charge is 2.15. The zero-order valence-corrected chi connectivity index (χ0v) is 12.4. The first kappa shape index (κ1) is 14.1. The van der Waals surface area contributed by atoms with Gasteiger partial charge >= 0.3 is 0 Å². The number of ether oxygens (including phenoxy) is 2. The van der Waals surface area contributed by atoms with E-state index in [-0.39, 0.29) is 6.10 Å². The van der Waals surface area contributed by atoms with Crippen molar-refractivity contribution in [2.75, 3.05) is 13.7 Å². The van der Waals surface area contributed by atoms with Crippen LogP contribution in [0.3, 0.4) is 0 Å². The second-order valence-electron chi connectivity index (χ2n) is 3.16. The fraction of sp³-hybridized carbons (Fsp3) is 0.600. The van der Waals surface area contributed by atoms with E-state index in [0.29, 0.717) is 24.2 Å². The first-order valence-corrected chi connectivity index (χ1v) is 6.38. The van der Waals surface area contributed by atoms with Crippen LogP contribution in [0.5, 0.6) is 0 Å². The molecule has 0 radical (unpaired) electrons. The minimum Gasteiger partial charge on any atom is -0.378 e. The number of nitrogens with zero attached hydrogens (tertiary/aromatic N) is 2. The number of methoxy groups -OCH3 is 1. The first-order chi connectivity index (χ1) is 7.60. The van der Waals surface area contributed by atoms with Gasteiger partial charge in [0.2, 0.25) is 0 Å². The zero-order chi connectivity index (χ0) is 12.1. The Bertz CT molecular complexity index is 363. The lowest BCUT2D eigenvalue weighted by atomic mass is 10.3. The van der Waals surface area contributed by atoms with Gasteiger partial charge in [-0.1, -0.05) is 11.6 Å². The van der Waals surface area contributed by atoms with E-state index in [1.165, 1.54) is 0 Å². The monoisotopic (exact) mass is 356 g/mol. The van der Waals surface area contributed by atoms with Crippen LogP contribution in [0.4, 0.5) is 0 Å². The van der Waals surface area contributed by atoms with Crippen LogP contribution in [0.2, 0.25) is 5.15 Å². The third-order valence-corrected chi connectivity index (χ3v) is 3.68. The lowest BCUT2D eigenvalue weighted by molar-refractivity contribution is 0.0694. The highest BCUT2D eigenvalue weighted by Crippen LogP contribution is 2.23. The molecule has 0 aliphatic heterocycles. The van der Waals surface area contributed by atoms with Crippen LogP contribution in [-0.4, -0.2) is 23.7 Å². The third-order valence-electron chi connectivity index (χ3n) is 1.96. The minimum absolute atomic E-state index is 0.157. The first-order valence-electron chi connectivity index (χ1n) is 4.92. The molecule has 0 saturated carbocycles. The molecule has 0 saturated heterocycles. The van der Waals surface area contributed by atoms with Gasteiger partial charge < -0.3 is 9.47 Å². The summed E-state index contributed by atoms with van der Waals surface area (Å²) in [4.78, 5) is 8.59. The zero-order valence-electron chi connectivity index (χ0n) is 9.46. The number of rotatable bonds is 5. The Labute approximate surface area is 114 Å². The van der Waals surface area contributed by atoms with Crippen LogP contribution in [0.25, 0.3) is 0 Å². The van der Waals surface area contributed by atoms with Gasteiger partial charge in [-0.2, -0.15) is 0 Å². The average Bonchev–Trinajstić information content (AvgIpc) is 2.25. The molecule has 0 N–H and O–H groups in total. The average molecular weight is 357 g/mol. The van der Waals surface area contributed by atoms with Crippen molar-refractivity contribution < 1.29 is 9.47 Å². The molecule has 0 aliphatic rings. The predicted molar refractivity (Wildman–Crippen MR) is 70.5 cm³/mol. The topological polar surface area (TPSA) is 44.2 Å². The minimum atomic E-state index is -0.157. The van der Waals surface area contributed by atoms with Crippen LogP contribution >= 0.6 is 34.2 Å². The van der Waals surface area contributed by atoms with Crippen molar-refractivity contribution in [3.8, 4) is 0 Å². The van der Waals surface area contributed by atoms with Gasteiger partial charge in [0.1, 0.15) is 11.3 Å². The Kier molecular flexibility index (Phi) is 5.88. The lowest BCUT2D eigenvalue weighted by Crippen LogP contribution is -2.09. The van der Waals surface area contributed by atoms with Crippen LogP contribution in [-0.2, 0) is 16.1 Å². The van der Waals surface area contributed by atoms with Crippen molar-refractivity contribution >= 4 is 34.2 Å². The van der Waals surface area contributed by atoms with E-state index in [2.05, 4.69) is 32.6 Å². The van der Waals surface area contributed by atoms with Gasteiger partial charge in [-0.25, -0.2) is 9.97 Å². The van der Waals surface area contributed by atoms with Crippen LogP contribution < -0.4 is 0 Å². The van der Waals surface area contributed by atoms with Gasteiger partial charge in [0.05, 0.1) is 15.9 Å². The van der Waals surface area contributed by atoms with Crippen molar-refractivity contribution in [1.82, 2.24) is 9.97 Å². The van der Waals surface area contributed by atoms with E-state index in [0.717, 1.165) is 9.26 Å². The fourth-order valence-corrected chi connectivity index (χ4v) is 1.81. The highest BCUT2D eigenvalue weighted by atomic mass is 127. The fourth-order valence-electron chi connectivity index (χ4n) is 1.22. The molecule has 1 aromatic rings. The standard InChI is InChI=1S/C10H14ClIN2O2/c1-4-16-6(2)10-13-7(5-15-3)8(12)9(11)14-10/h6H,4-5H2,1-3H3. The number of aromatic nitrogens is 2. The van der Waals surface area contributed by atoms with E-state index in [1.54, 1.807) is 7.11 Å². The Hall–Kier alpha value is 0.0200. The summed E-state index contributed by atoms with van der Waals surface area (Å²) in [5.74, 6) is 0.597. The van der Waals surface area contributed by atoms with Crippen molar-refractivity contribution in [2.45, 2.75) is 26.6 Å². The molecule has 1 unspecified atom stereocenters. The van der Waals surface area contributed by atoms with Crippen LogP contribution in [0.15, 0.2) is 0 Å². The number of hydrogen-bond acceptors (Lipinski definition) is 4. The summed E-state index contributed by atoms with van der Waals surface area (Å²) >= 11 is 8.14. The van der Waals surface area contributed by atoms with E-state index >= 15 is 0 Å². The lowest BCUT2D eigenvalue weighted by Gasteiger charge is -2.13. The maximum absolute atomic E-state index is 6.03. The molecule has 6 heteroatoms. The van der Waals surface area contributed by atoms with E-state index in [4.69, 9.17) is 21.1 Å². The SMILES string of the molecule is CCOC(C)c1nc(Cl)c(I)c(COC)n1. The molecule has 1 atom stereocenters. The summed E-state index contributed by atoms with van der Waals surface area (Å²) in [6, 6.07) is 0. The summed E-state index contributed by atoms with van der Waals surface area (Å²) in [5, 5.41) is 0.448. The predicted octanol–water partition coefficient (Wildman–Crippen LogP) is 2.98. The largest absolute Gasteiger partial charge is 0.378 e. The smallest absolute Gasteiger partial charge is 0.158 e. The summed E-state index contributed by atoms with van der Waals surface area (Å²) < 4.78 is 11.3. The van der Waals surface area contributed by atoms with Crippen molar-refractivity contribution in [3.63, 3.8) is 0 Å². The molecule has 0 aliphatic carbocycles.